The number of halogens is 2. The number of rotatable bonds is 0. The van der Waals surface area contributed by atoms with E-state index in [1.54, 1.807) is 6.07 Å². The molecule has 1 N–H and O–H groups in total. The summed E-state index contributed by atoms with van der Waals surface area (Å²) in [5.41, 5.74) is 0.456. The summed E-state index contributed by atoms with van der Waals surface area (Å²) in [6, 6.07) is 4.94. The molecule has 0 aromatic heterocycles. The van der Waals surface area contributed by atoms with Crippen LogP contribution < -0.4 is 0 Å². The van der Waals surface area contributed by atoms with Crippen molar-refractivity contribution in [3.05, 3.63) is 26.3 Å². The van der Waals surface area contributed by atoms with Gasteiger partial charge in [-0.3, -0.25) is 0 Å². The normalized spacial score (nSPS) is 9.18. The minimum atomic E-state index is 0.0336. The molecular weight excluding hydrogens is 276 g/mol. The third kappa shape index (κ3) is 1.76. The largest absolute Gasteiger partial charge is 0.505 e. The van der Waals surface area contributed by atoms with Gasteiger partial charge in [-0.2, -0.15) is 5.26 Å². The van der Waals surface area contributed by atoms with Crippen molar-refractivity contribution in [2.75, 3.05) is 0 Å². The SMILES string of the molecule is N#Cc1cc(Cl)c(O)c(I)c1. The average molecular weight is 279 g/mol. The Labute approximate surface area is 82.5 Å². The van der Waals surface area contributed by atoms with Gasteiger partial charge in [0.2, 0.25) is 0 Å². The fourth-order valence-electron chi connectivity index (χ4n) is 0.630. The Bertz CT molecular complexity index is 309. The second-order valence-corrected chi connectivity index (χ2v) is 3.47. The van der Waals surface area contributed by atoms with Gasteiger partial charge in [-0.15, -0.1) is 0 Å². The number of nitriles is 1. The van der Waals surface area contributed by atoms with E-state index in [0.29, 0.717) is 9.13 Å². The molecule has 0 amide bonds. The van der Waals surface area contributed by atoms with Gasteiger partial charge in [-0.25, -0.2) is 0 Å². The first kappa shape index (κ1) is 8.62. The number of phenols is 1. The maximum atomic E-state index is 9.18. The Morgan fingerprint density at radius 1 is 1.55 bits per heavy atom. The van der Waals surface area contributed by atoms with Crippen LogP contribution in [0.15, 0.2) is 12.1 Å². The van der Waals surface area contributed by atoms with E-state index in [4.69, 9.17) is 16.9 Å². The molecule has 1 aromatic rings. The second-order valence-electron chi connectivity index (χ2n) is 1.90. The van der Waals surface area contributed by atoms with Gasteiger partial charge in [0.1, 0.15) is 5.75 Å². The summed E-state index contributed by atoms with van der Waals surface area (Å²) in [5, 5.41) is 17.9. The van der Waals surface area contributed by atoms with Gasteiger partial charge in [-0.05, 0) is 34.7 Å². The molecule has 0 bridgehead atoms. The smallest absolute Gasteiger partial charge is 0.147 e. The molecule has 0 saturated heterocycles. The Morgan fingerprint density at radius 3 is 2.64 bits per heavy atom. The summed E-state index contributed by atoms with van der Waals surface area (Å²) in [6.45, 7) is 0. The molecule has 0 saturated carbocycles. The standard InChI is InChI=1S/C7H3ClINO/c8-5-1-4(3-10)2-6(9)7(5)11/h1-2,11H. The van der Waals surface area contributed by atoms with Crippen LogP contribution in [-0.4, -0.2) is 5.11 Å². The zero-order valence-electron chi connectivity index (χ0n) is 5.31. The van der Waals surface area contributed by atoms with Crippen LogP contribution in [0, 0.1) is 14.9 Å². The topological polar surface area (TPSA) is 44.0 Å². The van der Waals surface area contributed by atoms with Crippen LogP contribution in [0.1, 0.15) is 5.56 Å². The molecule has 0 fully saturated rings. The monoisotopic (exact) mass is 279 g/mol. The summed E-state index contributed by atoms with van der Waals surface area (Å²) in [5.74, 6) is 0.0336. The maximum absolute atomic E-state index is 9.18. The van der Waals surface area contributed by atoms with Crippen LogP contribution in [0.3, 0.4) is 0 Å². The van der Waals surface area contributed by atoms with Gasteiger partial charge in [0.05, 0.1) is 20.2 Å². The lowest BCUT2D eigenvalue weighted by Crippen LogP contribution is -1.79. The molecule has 0 aliphatic heterocycles. The number of hydrogen-bond donors (Lipinski definition) is 1. The third-order valence-electron chi connectivity index (χ3n) is 1.15. The van der Waals surface area contributed by atoms with Gasteiger partial charge in [0.15, 0.2) is 0 Å². The van der Waals surface area contributed by atoms with Crippen molar-refractivity contribution in [1.29, 1.82) is 5.26 Å². The molecule has 2 nitrogen and oxygen atoms in total. The number of phenolic OH excluding ortho intramolecular Hbond substituents is 1. The fourth-order valence-corrected chi connectivity index (χ4v) is 1.63. The summed E-state index contributed by atoms with van der Waals surface area (Å²) in [7, 11) is 0. The van der Waals surface area contributed by atoms with Crippen molar-refractivity contribution in [3.63, 3.8) is 0 Å². The summed E-state index contributed by atoms with van der Waals surface area (Å²) in [4.78, 5) is 0. The average Bonchev–Trinajstić information content (AvgIpc) is 1.99. The van der Waals surface area contributed by atoms with E-state index in [2.05, 4.69) is 0 Å². The minimum Gasteiger partial charge on any atom is -0.505 e. The molecule has 1 rings (SSSR count). The first-order chi connectivity index (χ1) is 5.15. The lowest BCUT2D eigenvalue weighted by atomic mass is 10.2. The Kier molecular flexibility index (Phi) is 2.58. The van der Waals surface area contributed by atoms with Gasteiger partial charge in [0, 0.05) is 0 Å². The van der Waals surface area contributed by atoms with E-state index in [-0.39, 0.29) is 10.8 Å². The Hall–Kier alpha value is -0.470. The number of benzene rings is 1. The summed E-state index contributed by atoms with van der Waals surface area (Å²) >= 11 is 7.51. The molecule has 0 unspecified atom stereocenters. The summed E-state index contributed by atoms with van der Waals surface area (Å²) in [6.07, 6.45) is 0. The first-order valence-electron chi connectivity index (χ1n) is 2.73. The number of aromatic hydroxyl groups is 1. The van der Waals surface area contributed by atoms with Gasteiger partial charge in [0.25, 0.3) is 0 Å². The van der Waals surface area contributed by atoms with Crippen molar-refractivity contribution in [2.45, 2.75) is 0 Å². The van der Waals surface area contributed by atoms with Crippen molar-refractivity contribution in [2.24, 2.45) is 0 Å². The van der Waals surface area contributed by atoms with Crippen molar-refractivity contribution < 1.29 is 5.11 Å². The molecule has 0 radical (unpaired) electrons. The molecule has 0 atom stereocenters. The minimum absolute atomic E-state index is 0.0336. The van der Waals surface area contributed by atoms with E-state index in [1.165, 1.54) is 6.07 Å². The number of hydrogen-bond acceptors (Lipinski definition) is 2. The predicted octanol–water partition coefficient (Wildman–Crippen LogP) is 2.52. The van der Waals surface area contributed by atoms with E-state index in [9.17, 15) is 5.11 Å². The van der Waals surface area contributed by atoms with Crippen molar-refractivity contribution in [3.8, 4) is 11.8 Å². The molecule has 0 aliphatic carbocycles. The molecule has 0 aliphatic rings. The van der Waals surface area contributed by atoms with Crippen LogP contribution in [0.2, 0.25) is 5.02 Å². The van der Waals surface area contributed by atoms with Crippen LogP contribution in [0.5, 0.6) is 5.75 Å². The van der Waals surface area contributed by atoms with Gasteiger partial charge in [-0.1, -0.05) is 11.6 Å². The fraction of sp³-hybridized carbons (Fsp3) is 0. The van der Waals surface area contributed by atoms with Crippen LogP contribution in [0.25, 0.3) is 0 Å². The quantitative estimate of drug-likeness (QED) is 0.742. The van der Waals surface area contributed by atoms with Gasteiger partial charge >= 0.3 is 0 Å². The molecule has 56 valence electrons. The lowest BCUT2D eigenvalue weighted by molar-refractivity contribution is 0.471. The Morgan fingerprint density at radius 2 is 2.18 bits per heavy atom. The molecule has 11 heavy (non-hydrogen) atoms. The predicted molar refractivity (Wildman–Crippen MR) is 50.5 cm³/mol. The molecule has 1 aromatic carbocycles. The Balaban J connectivity index is 3.35. The zero-order chi connectivity index (χ0) is 8.43. The van der Waals surface area contributed by atoms with Crippen LogP contribution in [-0.2, 0) is 0 Å². The highest BCUT2D eigenvalue weighted by Gasteiger charge is 2.04. The zero-order valence-corrected chi connectivity index (χ0v) is 8.22. The highest BCUT2D eigenvalue weighted by Crippen LogP contribution is 2.29. The molecule has 0 spiro atoms. The van der Waals surface area contributed by atoms with Crippen LogP contribution >= 0.6 is 34.2 Å². The highest BCUT2D eigenvalue weighted by molar-refractivity contribution is 14.1. The van der Waals surface area contributed by atoms with Gasteiger partial charge < -0.3 is 5.11 Å². The van der Waals surface area contributed by atoms with E-state index < -0.39 is 0 Å². The highest BCUT2D eigenvalue weighted by atomic mass is 127. The van der Waals surface area contributed by atoms with Crippen molar-refractivity contribution >= 4 is 34.2 Å². The maximum Gasteiger partial charge on any atom is 0.147 e. The van der Waals surface area contributed by atoms with Crippen molar-refractivity contribution in [1.82, 2.24) is 0 Å². The van der Waals surface area contributed by atoms with Crippen LogP contribution in [0.4, 0.5) is 0 Å². The molecule has 4 heteroatoms. The van der Waals surface area contributed by atoms with E-state index >= 15 is 0 Å². The number of nitrogens with zero attached hydrogens (tertiary/aromatic N) is 1. The first-order valence-corrected chi connectivity index (χ1v) is 4.19. The summed E-state index contributed by atoms with van der Waals surface area (Å²) < 4.78 is 0.589. The second kappa shape index (κ2) is 3.28. The third-order valence-corrected chi connectivity index (χ3v) is 2.26. The van der Waals surface area contributed by atoms with E-state index in [1.807, 2.05) is 28.7 Å². The molecular formula is C7H3ClINO. The molecule has 0 heterocycles. The lowest BCUT2D eigenvalue weighted by Gasteiger charge is -1.98. The van der Waals surface area contributed by atoms with E-state index in [0.717, 1.165) is 0 Å².